The fourth-order valence-electron chi connectivity index (χ4n) is 5.09. The van der Waals surface area contributed by atoms with Gasteiger partial charge in [0.05, 0.1) is 30.7 Å². The predicted octanol–water partition coefficient (Wildman–Crippen LogP) is 6.41. The fourth-order valence-corrected chi connectivity index (χ4v) is 7.38. The van der Waals surface area contributed by atoms with Crippen molar-refractivity contribution in [3.63, 3.8) is 0 Å². The van der Waals surface area contributed by atoms with Gasteiger partial charge in [0.1, 0.15) is 11.6 Å². The Morgan fingerprint density at radius 2 is 1.74 bits per heavy atom. The molecule has 0 amide bonds. The highest BCUT2D eigenvalue weighted by Crippen LogP contribution is 2.60. The van der Waals surface area contributed by atoms with Gasteiger partial charge < -0.3 is 23.1 Å². The molecule has 9 nitrogen and oxygen atoms in total. The minimum absolute atomic E-state index is 0.0376. The molecular weight excluding hydrogens is 514 g/mol. The zero-order chi connectivity index (χ0) is 25.9. The number of halogens is 2. The Hall–Kier alpha value is -1.06. The molecule has 1 aliphatic carbocycles. The summed E-state index contributed by atoms with van der Waals surface area (Å²) >= 11 is 12.4. The van der Waals surface area contributed by atoms with Crippen LogP contribution in [0.3, 0.4) is 0 Å². The second-order valence-corrected chi connectivity index (χ2v) is 12.9. The van der Waals surface area contributed by atoms with Gasteiger partial charge in [0.25, 0.3) is 0 Å². The molecule has 1 unspecified atom stereocenters. The van der Waals surface area contributed by atoms with E-state index >= 15 is 0 Å². The average Bonchev–Trinajstić information content (AvgIpc) is 3.31. The summed E-state index contributed by atoms with van der Waals surface area (Å²) in [7, 11) is -3.51. The number of fused-ring (bicyclic) bond motifs is 2. The molecule has 2 aromatic heterocycles. The first-order valence-electron chi connectivity index (χ1n) is 11.7. The van der Waals surface area contributed by atoms with Crippen LogP contribution in [0.1, 0.15) is 61.4 Å². The second kappa shape index (κ2) is 9.35. The Balaban J connectivity index is 1.79. The highest BCUT2D eigenvalue weighted by molar-refractivity contribution is 7.57. The van der Waals surface area contributed by atoms with Crippen molar-refractivity contribution in [2.45, 2.75) is 91.6 Å². The smallest absolute Gasteiger partial charge is 0.344 e. The normalized spacial score (nSPS) is 30.9. The van der Waals surface area contributed by atoms with Gasteiger partial charge in [-0.15, -0.1) is 0 Å². The van der Waals surface area contributed by atoms with Crippen molar-refractivity contribution in [2.24, 2.45) is 11.3 Å². The monoisotopic (exact) mass is 546 g/mol. The lowest BCUT2D eigenvalue weighted by atomic mass is 9.78. The minimum Gasteiger partial charge on any atom is -0.344 e. The fraction of sp³-hybridized carbons (Fsp3) is 0.696. The summed E-state index contributed by atoms with van der Waals surface area (Å²) in [6.45, 7) is 15.2. The van der Waals surface area contributed by atoms with Crippen LogP contribution in [0.15, 0.2) is 18.2 Å². The van der Waals surface area contributed by atoms with Crippen LogP contribution in [-0.2, 0) is 23.1 Å². The minimum atomic E-state index is -3.51. The van der Waals surface area contributed by atoms with Crippen LogP contribution in [0.5, 0.6) is 0 Å². The first-order chi connectivity index (χ1) is 16.2. The van der Waals surface area contributed by atoms with Crippen LogP contribution < -0.4 is 0 Å². The lowest BCUT2D eigenvalue weighted by Gasteiger charge is -2.34. The van der Waals surface area contributed by atoms with Crippen molar-refractivity contribution in [1.82, 2.24) is 19.5 Å². The van der Waals surface area contributed by atoms with E-state index < -0.39 is 18.8 Å². The summed E-state index contributed by atoms with van der Waals surface area (Å²) in [6.07, 6.45) is 2.37. The van der Waals surface area contributed by atoms with E-state index in [1.54, 1.807) is 12.1 Å². The summed E-state index contributed by atoms with van der Waals surface area (Å²) < 4.78 is 39.8. The third kappa shape index (κ3) is 5.06. The Morgan fingerprint density at radius 3 is 2.34 bits per heavy atom. The van der Waals surface area contributed by atoms with Crippen molar-refractivity contribution >= 4 is 42.0 Å². The highest BCUT2D eigenvalue weighted by Gasteiger charge is 2.63. The third-order valence-electron chi connectivity index (χ3n) is 6.58. The molecule has 0 N–H and O–H groups in total. The van der Waals surface area contributed by atoms with Crippen LogP contribution >= 0.6 is 30.8 Å². The van der Waals surface area contributed by atoms with E-state index in [2.05, 4.69) is 28.8 Å². The van der Waals surface area contributed by atoms with E-state index in [9.17, 15) is 4.57 Å². The van der Waals surface area contributed by atoms with Gasteiger partial charge in [-0.05, 0) is 59.1 Å². The standard InChI is InChI=1S/C23H33Cl2N4O5P/c1-12(2)33-35(30,34-13(3)4)10-9-23(8)14(5)16(17-18(23)32-22(6,7)31-17)29-11-26-15-19(24)27-21(25)28-20(15)29/h9-14,16-18H,1-8H3/b10-9+/t14-,16?,17+,18+,23+/m1/s1. The number of hydrogen-bond acceptors (Lipinski definition) is 8. The van der Waals surface area contributed by atoms with Crippen molar-refractivity contribution < 1.29 is 23.1 Å². The quantitative estimate of drug-likeness (QED) is 0.223. The number of rotatable bonds is 7. The van der Waals surface area contributed by atoms with Gasteiger partial charge in [0, 0.05) is 11.2 Å². The van der Waals surface area contributed by atoms with Gasteiger partial charge in [-0.25, -0.2) is 9.97 Å². The molecule has 0 radical (unpaired) electrons. The molecule has 5 atom stereocenters. The second-order valence-electron chi connectivity index (χ2n) is 10.4. The molecule has 0 aromatic carbocycles. The maximum Gasteiger partial charge on any atom is 0.354 e. The number of ether oxygens (including phenoxy) is 2. The van der Waals surface area contributed by atoms with E-state index in [1.165, 1.54) is 0 Å². The maximum absolute atomic E-state index is 13.6. The number of aromatic nitrogens is 4. The summed E-state index contributed by atoms with van der Waals surface area (Å²) in [5.74, 6) is 0.705. The van der Waals surface area contributed by atoms with E-state index in [4.69, 9.17) is 41.7 Å². The number of hydrogen-bond donors (Lipinski definition) is 0. The summed E-state index contributed by atoms with van der Waals surface area (Å²) in [4.78, 5) is 12.8. The third-order valence-corrected chi connectivity index (χ3v) is 8.95. The molecule has 1 saturated heterocycles. The molecule has 2 fully saturated rings. The molecule has 12 heteroatoms. The van der Waals surface area contributed by atoms with Crippen LogP contribution in [0.4, 0.5) is 0 Å². The zero-order valence-electron chi connectivity index (χ0n) is 21.2. The molecular formula is C23H33Cl2N4O5P. The molecule has 35 heavy (non-hydrogen) atoms. The van der Waals surface area contributed by atoms with Crippen molar-refractivity contribution in [3.8, 4) is 0 Å². The Bertz CT molecular complexity index is 1170. The molecule has 1 saturated carbocycles. The largest absolute Gasteiger partial charge is 0.354 e. The zero-order valence-corrected chi connectivity index (χ0v) is 23.6. The van der Waals surface area contributed by atoms with Crippen LogP contribution in [0.2, 0.25) is 10.4 Å². The van der Waals surface area contributed by atoms with E-state index in [0.717, 1.165) is 0 Å². The van der Waals surface area contributed by atoms with E-state index in [1.807, 2.05) is 52.2 Å². The summed E-state index contributed by atoms with van der Waals surface area (Å²) in [6, 6.07) is -0.222. The molecule has 2 aliphatic rings. The Kier molecular flexibility index (Phi) is 7.21. The lowest BCUT2D eigenvalue weighted by molar-refractivity contribution is -0.169. The van der Waals surface area contributed by atoms with Gasteiger partial charge in [-0.1, -0.05) is 31.5 Å². The van der Waals surface area contributed by atoms with Crippen LogP contribution in [-0.4, -0.2) is 49.7 Å². The molecule has 194 valence electrons. The number of nitrogens with zero attached hydrogens (tertiary/aromatic N) is 4. The van der Waals surface area contributed by atoms with Gasteiger partial charge in [0.15, 0.2) is 16.6 Å². The van der Waals surface area contributed by atoms with Gasteiger partial charge >= 0.3 is 7.60 Å². The maximum atomic E-state index is 13.6. The first-order valence-corrected chi connectivity index (χ1v) is 14.1. The van der Waals surface area contributed by atoms with E-state index in [0.29, 0.717) is 11.2 Å². The average molecular weight is 547 g/mol. The Labute approximate surface area is 216 Å². The van der Waals surface area contributed by atoms with Gasteiger partial charge in [-0.3, -0.25) is 4.57 Å². The summed E-state index contributed by atoms with van der Waals surface area (Å²) in [5.41, 5.74) is 0.391. The lowest BCUT2D eigenvalue weighted by Crippen LogP contribution is -2.35. The molecule has 0 spiro atoms. The van der Waals surface area contributed by atoms with Crippen molar-refractivity contribution in [3.05, 3.63) is 28.7 Å². The van der Waals surface area contributed by atoms with Crippen LogP contribution in [0.25, 0.3) is 11.2 Å². The molecule has 0 bridgehead atoms. The SMILES string of the molecule is CC(C)OP(=O)(/C=C/[C@@]1(C)[C@H](C)C(n2cnc3c(Cl)nc(Cl)nc32)[C@@H]2OC(C)(C)O[C@@H]21)OC(C)C. The molecule has 2 aromatic rings. The number of imidazole rings is 1. The van der Waals surface area contributed by atoms with Crippen molar-refractivity contribution in [1.29, 1.82) is 0 Å². The summed E-state index contributed by atoms with van der Waals surface area (Å²) in [5, 5.41) is 0.223. The first kappa shape index (κ1) is 27.0. The molecule has 1 aliphatic heterocycles. The van der Waals surface area contributed by atoms with Crippen LogP contribution in [0, 0.1) is 11.3 Å². The molecule has 3 heterocycles. The Morgan fingerprint density at radius 1 is 1.11 bits per heavy atom. The van der Waals surface area contributed by atoms with Gasteiger partial charge in [0.2, 0.25) is 5.28 Å². The van der Waals surface area contributed by atoms with E-state index in [-0.39, 0.29) is 46.8 Å². The highest BCUT2D eigenvalue weighted by atomic mass is 35.5. The van der Waals surface area contributed by atoms with Gasteiger partial charge in [-0.2, -0.15) is 4.98 Å². The topological polar surface area (TPSA) is 97.6 Å². The predicted molar refractivity (Wildman–Crippen MR) is 135 cm³/mol. The molecule has 4 rings (SSSR count). The van der Waals surface area contributed by atoms with Crippen molar-refractivity contribution in [2.75, 3.05) is 0 Å².